The van der Waals surface area contributed by atoms with Crippen LogP contribution in [0.15, 0.2) is 0 Å². The van der Waals surface area contributed by atoms with Crippen molar-refractivity contribution in [2.75, 3.05) is 18.9 Å². The van der Waals surface area contributed by atoms with Crippen LogP contribution in [0.5, 0.6) is 0 Å². The number of rotatable bonds is 11. The third-order valence-corrected chi connectivity index (χ3v) is 3.17. The number of carboxylic acids is 1. The van der Waals surface area contributed by atoms with Gasteiger partial charge in [-0.25, -0.2) is 0 Å². The molecule has 0 aliphatic carbocycles. The monoisotopic (exact) mass is 379 g/mol. The fraction of sp³-hybridized carbons (Fsp3) is 0.583. The molecule has 0 aromatic rings. The van der Waals surface area contributed by atoms with E-state index in [0.717, 1.165) is 0 Å². The van der Waals surface area contributed by atoms with Crippen LogP contribution < -0.4 is 27.4 Å². The largest absolute Gasteiger partial charge is 0.480 e. The summed E-state index contributed by atoms with van der Waals surface area (Å²) in [6.07, 6.45) is -0.427. The molecule has 0 bridgehead atoms. The highest BCUT2D eigenvalue weighted by Gasteiger charge is 2.27. The number of hydrogen-bond donors (Lipinski definition) is 8. The minimum Gasteiger partial charge on any atom is -0.480 e. The molecule has 3 atom stereocenters. The van der Waals surface area contributed by atoms with Crippen molar-refractivity contribution >= 4 is 42.2 Å². The van der Waals surface area contributed by atoms with Gasteiger partial charge >= 0.3 is 5.97 Å². The third kappa shape index (κ3) is 8.88. The highest BCUT2D eigenvalue weighted by molar-refractivity contribution is 7.80. The molecule has 0 aliphatic rings. The van der Waals surface area contributed by atoms with E-state index in [0.29, 0.717) is 0 Å². The number of amides is 4. The Kier molecular flexibility index (Phi) is 10.2. The molecule has 0 saturated heterocycles. The van der Waals surface area contributed by atoms with Crippen LogP contribution in [0.2, 0.25) is 0 Å². The van der Waals surface area contributed by atoms with Gasteiger partial charge in [0.25, 0.3) is 0 Å². The molecule has 0 rings (SSSR count). The first kappa shape index (κ1) is 22.6. The molecule has 0 fully saturated rings. The lowest BCUT2D eigenvalue weighted by molar-refractivity contribution is -0.138. The summed E-state index contributed by atoms with van der Waals surface area (Å²) in [5.41, 5.74) is 10.3. The van der Waals surface area contributed by atoms with Crippen molar-refractivity contribution in [1.29, 1.82) is 0 Å². The number of carbonyl (C=O) groups excluding carboxylic acids is 4. The van der Waals surface area contributed by atoms with E-state index in [1.807, 2.05) is 5.32 Å². The zero-order chi connectivity index (χ0) is 19.6. The Morgan fingerprint density at radius 1 is 1.00 bits per heavy atom. The number of aliphatic hydroxyl groups is 1. The van der Waals surface area contributed by atoms with E-state index in [1.165, 1.54) is 0 Å². The summed E-state index contributed by atoms with van der Waals surface area (Å²) in [6, 6.07) is -3.90. The van der Waals surface area contributed by atoms with Crippen molar-refractivity contribution in [2.24, 2.45) is 11.5 Å². The van der Waals surface area contributed by atoms with Crippen LogP contribution in [0.3, 0.4) is 0 Å². The summed E-state index contributed by atoms with van der Waals surface area (Å²) in [6.45, 7) is -1.49. The van der Waals surface area contributed by atoms with Gasteiger partial charge in [0.05, 0.1) is 19.1 Å². The maximum atomic E-state index is 12.1. The summed E-state index contributed by atoms with van der Waals surface area (Å²) in [4.78, 5) is 56.6. The number of aliphatic hydroxyl groups excluding tert-OH is 1. The van der Waals surface area contributed by atoms with Crippen molar-refractivity contribution in [3.63, 3.8) is 0 Å². The number of thiol groups is 1. The van der Waals surface area contributed by atoms with Crippen LogP contribution in [-0.2, 0) is 24.0 Å². The minimum absolute atomic E-state index is 0.171. The highest BCUT2D eigenvalue weighted by Crippen LogP contribution is 1.95. The molecule has 0 aromatic carbocycles. The van der Waals surface area contributed by atoms with Crippen molar-refractivity contribution in [1.82, 2.24) is 16.0 Å². The average Bonchev–Trinajstić information content (AvgIpc) is 2.53. The summed E-state index contributed by atoms with van der Waals surface area (Å²) in [7, 11) is 0. The first-order valence-electron chi connectivity index (χ1n) is 6.98. The van der Waals surface area contributed by atoms with Crippen LogP contribution in [0.25, 0.3) is 0 Å². The molecule has 0 aliphatic heterocycles. The maximum Gasteiger partial charge on any atom is 0.322 e. The van der Waals surface area contributed by atoms with Gasteiger partial charge in [0.1, 0.15) is 18.6 Å². The molecule has 3 unspecified atom stereocenters. The Hall–Kier alpha value is -2.38. The molecule has 12 nitrogen and oxygen atoms in total. The Morgan fingerprint density at radius 2 is 1.56 bits per heavy atom. The third-order valence-electron chi connectivity index (χ3n) is 2.80. The number of primary amides is 1. The average molecular weight is 379 g/mol. The molecule has 25 heavy (non-hydrogen) atoms. The van der Waals surface area contributed by atoms with Gasteiger partial charge in [-0.2, -0.15) is 12.6 Å². The molecular formula is C12H21N5O7S. The minimum atomic E-state index is -1.43. The SMILES string of the molecule is NC(=O)CC(N)C(=O)NC(CS)C(=O)NC(CO)C(=O)NCC(=O)O. The van der Waals surface area contributed by atoms with Crippen molar-refractivity contribution < 1.29 is 34.2 Å². The zero-order valence-corrected chi connectivity index (χ0v) is 14.0. The fourth-order valence-corrected chi connectivity index (χ4v) is 1.79. The van der Waals surface area contributed by atoms with Crippen molar-refractivity contribution in [3.05, 3.63) is 0 Å². The van der Waals surface area contributed by atoms with Gasteiger partial charge in [-0.1, -0.05) is 0 Å². The second-order valence-electron chi connectivity index (χ2n) is 4.88. The van der Waals surface area contributed by atoms with Crippen molar-refractivity contribution in [3.8, 4) is 0 Å². The van der Waals surface area contributed by atoms with Gasteiger partial charge in [0.2, 0.25) is 23.6 Å². The smallest absolute Gasteiger partial charge is 0.322 e. The molecule has 4 amide bonds. The van der Waals surface area contributed by atoms with Gasteiger partial charge in [-0.3, -0.25) is 24.0 Å². The van der Waals surface area contributed by atoms with Gasteiger partial charge in [-0.05, 0) is 0 Å². The summed E-state index contributed by atoms with van der Waals surface area (Å²) in [5.74, 6) is -4.89. The van der Waals surface area contributed by atoms with Gasteiger partial charge in [-0.15, -0.1) is 0 Å². The molecule has 0 radical (unpaired) electrons. The number of nitrogens with one attached hydrogen (secondary N) is 3. The Balaban J connectivity index is 4.74. The second-order valence-corrected chi connectivity index (χ2v) is 5.24. The molecule has 142 valence electrons. The fourth-order valence-electron chi connectivity index (χ4n) is 1.53. The van der Waals surface area contributed by atoms with Crippen LogP contribution in [-0.4, -0.2) is 76.8 Å². The Bertz CT molecular complexity index is 530. The van der Waals surface area contributed by atoms with Crippen LogP contribution >= 0.6 is 12.6 Å². The predicted octanol–water partition coefficient (Wildman–Crippen LogP) is -4.72. The first-order valence-corrected chi connectivity index (χ1v) is 7.61. The van der Waals surface area contributed by atoms with Gasteiger partial charge in [0, 0.05) is 5.75 Å². The van der Waals surface area contributed by atoms with E-state index in [2.05, 4.69) is 23.3 Å². The molecule has 0 aromatic heterocycles. The van der Waals surface area contributed by atoms with Gasteiger partial charge < -0.3 is 37.6 Å². The maximum absolute atomic E-state index is 12.1. The molecule has 13 heteroatoms. The van der Waals surface area contributed by atoms with E-state index in [1.54, 1.807) is 0 Å². The lowest BCUT2D eigenvalue weighted by atomic mass is 10.1. The van der Waals surface area contributed by atoms with Crippen LogP contribution in [0.4, 0.5) is 0 Å². The predicted molar refractivity (Wildman–Crippen MR) is 87.2 cm³/mol. The molecule has 9 N–H and O–H groups in total. The quantitative estimate of drug-likeness (QED) is 0.163. The molecular weight excluding hydrogens is 358 g/mol. The number of hydrogen-bond acceptors (Lipinski definition) is 8. The van der Waals surface area contributed by atoms with Crippen LogP contribution in [0, 0.1) is 0 Å². The van der Waals surface area contributed by atoms with E-state index in [-0.39, 0.29) is 5.75 Å². The summed E-state index contributed by atoms with van der Waals surface area (Å²) in [5, 5.41) is 23.9. The number of nitrogens with two attached hydrogens (primary N) is 2. The van der Waals surface area contributed by atoms with E-state index < -0.39 is 67.3 Å². The van der Waals surface area contributed by atoms with Crippen molar-refractivity contribution in [2.45, 2.75) is 24.5 Å². The first-order chi connectivity index (χ1) is 11.6. The number of carboxylic acid groups (broad SMARTS) is 1. The number of aliphatic carboxylic acids is 1. The summed E-state index contributed by atoms with van der Waals surface area (Å²) >= 11 is 3.89. The zero-order valence-electron chi connectivity index (χ0n) is 13.1. The lowest BCUT2D eigenvalue weighted by Crippen LogP contribution is -2.57. The number of carbonyl (C=O) groups is 5. The molecule has 0 heterocycles. The van der Waals surface area contributed by atoms with E-state index >= 15 is 0 Å². The van der Waals surface area contributed by atoms with E-state index in [4.69, 9.17) is 21.7 Å². The van der Waals surface area contributed by atoms with E-state index in [9.17, 15) is 24.0 Å². The van der Waals surface area contributed by atoms with Gasteiger partial charge in [0.15, 0.2) is 0 Å². The Labute approximate surface area is 148 Å². The second kappa shape index (κ2) is 11.2. The molecule has 0 spiro atoms. The lowest BCUT2D eigenvalue weighted by Gasteiger charge is -2.21. The normalized spacial score (nSPS) is 13.9. The standard InChI is InChI=1S/C12H21N5O7S/c13-5(1-8(14)19)10(22)17-7(4-25)12(24)16-6(3-18)11(23)15-2-9(20)21/h5-7,18,25H,1-4,13H2,(H2,14,19)(H,15,23)(H,16,24)(H,17,22)(H,20,21). The molecule has 0 saturated carbocycles. The summed E-state index contributed by atoms with van der Waals surface area (Å²) < 4.78 is 0. The van der Waals surface area contributed by atoms with Crippen LogP contribution in [0.1, 0.15) is 6.42 Å². The highest BCUT2D eigenvalue weighted by atomic mass is 32.1. The Morgan fingerprint density at radius 3 is 2.00 bits per heavy atom. The topological polar surface area (TPSA) is 214 Å².